The third kappa shape index (κ3) is 5.18. The monoisotopic (exact) mass is 586 g/mol. The van der Waals surface area contributed by atoms with Crippen LogP contribution in [0.15, 0.2) is 30.7 Å². The van der Waals surface area contributed by atoms with Gasteiger partial charge in [0.25, 0.3) is 5.91 Å². The van der Waals surface area contributed by atoms with Gasteiger partial charge in [-0.2, -0.15) is 10.4 Å². The molecule has 3 aromatic rings. The van der Waals surface area contributed by atoms with Crippen molar-refractivity contribution < 1.29 is 13.9 Å². The number of fused-ring (bicyclic) bond motifs is 2. The molecule has 6 rings (SSSR count). The molecule has 0 bridgehead atoms. The second kappa shape index (κ2) is 11.5. The summed E-state index contributed by atoms with van der Waals surface area (Å²) in [5.41, 5.74) is 6.43. The number of carbonyl (C=O) groups excluding carboxylic acids is 1. The van der Waals surface area contributed by atoms with Crippen LogP contribution < -0.4 is 14.5 Å². The molecule has 2 saturated heterocycles. The van der Waals surface area contributed by atoms with Crippen molar-refractivity contribution in [2.45, 2.75) is 64.7 Å². The van der Waals surface area contributed by atoms with Crippen molar-refractivity contribution in [1.82, 2.24) is 25.0 Å². The van der Waals surface area contributed by atoms with Crippen molar-refractivity contribution >= 4 is 28.2 Å². The lowest BCUT2D eigenvalue weighted by molar-refractivity contribution is -0.133. The van der Waals surface area contributed by atoms with E-state index < -0.39 is 11.7 Å². The number of ether oxygens (including phenoxy) is 1. The number of rotatable bonds is 6. The number of H-pyrrole nitrogens is 1. The summed E-state index contributed by atoms with van der Waals surface area (Å²) in [4.78, 5) is 26.0. The van der Waals surface area contributed by atoms with Crippen LogP contribution in [0.1, 0.15) is 49.1 Å². The zero-order chi connectivity index (χ0) is 30.4. The Morgan fingerprint density at radius 2 is 1.98 bits per heavy atom. The maximum Gasteiger partial charge on any atom is 0.282 e. The number of nitrogens with one attached hydrogen (secondary N) is 1. The third-order valence-corrected chi connectivity index (χ3v) is 9.30. The Hall–Kier alpha value is -4.17. The molecule has 226 valence electrons. The number of hydrogen-bond donors (Lipinski definition) is 1. The number of benzene rings is 1. The molecule has 0 spiro atoms. The van der Waals surface area contributed by atoms with Gasteiger partial charge in [-0.05, 0) is 65.3 Å². The summed E-state index contributed by atoms with van der Waals surface area (Å²) in [6.45, 7) is 12.9. The third-order valence-electron chi connectivity index (χ3n) is 9.30. The second-order valence-electron chi connectivity index (χ2n) is 12.2. The summed E-state index contributed by atoms with van der Waals surface area (Å²) < 4.78 is 20.3. The zero-order valence-corrected chi connectivity index (χ0v) is 25.4. The molecule has 5 heterocycles. The van der Waals surface area contributed by atoms with Crippen molar-refractivity contribution in [3.05, 3.63) is 53.1 Å². The highest BCUT2D eigenvalue weighted by Gasteiger charge is 2.38. The highest BCUT2D eigenvalue weighted by Crippen LogP contribution is 2.40. The van der Waals surface area contributed by atoms with E-state index in [0.717, 1.165) is 65.0 Å². The first-order valence-corrected chi connectivity index (χ1v) is 15.1. The van der Waals surface area contributed by atoms with Crippen molar-refractivity contribution in [2.75, 3.05) is 49.6 Å². The van der Waals surface area contributed by atoms with Crippen LogP contribution in [0.5, 0.6) is 5.88 Å². The number of likely N-dealkylation sites (N-methyl/N-ethyl adjacent to an activating group) is 1. The first-order chi connectivity index (χ1) is 20.7. The number of pyridine rings is 1. The minimum Gasteiger partial charge on any atom is -0.475 e. The van der Waals surface area contributed by atoms with Crippen LogP contribution in [0, 0.1) is 18.3 Å². The Labute approximate surface area is 251 Å². The van der Waals surface area contributed by atoms with Gasteiger partial charge in [-0.15, -0.1) is 0 Å². The maximum atomic E-state index is 13.9. The predicted molar refractivity (Wildman–Crippen MR) is 164 cm³/mol. The van der Waals surface area contributed by atoms with Gasteiger partial charge in [-0.25, -0.2) is 9.37 Å². The fourth-order valence-corrected chi connectivity index (χ4v) is 7.22. The molecule has 1 aromatic carbocycles. The van der Waals surface area contributed by atoms with Gasteiger partial charge in [0.05, 0.1) is 35.3 Å². The summed E-state index contributed by atoms with van der Waals surface area (Å²) in [6.07, 6.45) is 4.72. The number of halogens is 1. The normalized spacial score (nSPS) is 22.5. The number of aromatic amines is 1. The summed E-state index contributed by atoms with van der Waals surface area (Å²) >= 11 is 0. The average molecular weight is 587 g/mol. The average Bonchev–Trinajstić information content (AvgIpc) is 3.62. The first-order valence-electron chi connectivity index (χ1n) is 15.1. The number of piperazine rings is 1. The number of nitriles is 1. The molecule has 2 aromatic heterocycles. The van der Waals surface area contributed by atoms with Gasteiger partial charge < -0.3 is 24.3 Å². The van der Waals surface area contributed by atoms with Crippen molar-refractivity contribution in [3.63, 3.8) is 0 Å². The molecule has 0 saturated carbocycles. The molecule has 10 nitrogen and oxygen atoms in total. The molecule has 11 heteroatoms. The summed E-state index contributed by atoms with van der Waals surface area (Å²) in [6, 6.07) is 6.29. The number of aromatic nitrogens is 3. The van der Waals surface area contributed by atoms with Crippen LogP contribution in [0.25, 0.3) is 10.9 Å². The lowest BCUT2D eigenvalue weighted by Crippen LogP contribution is -2.59. The van der Waals surface area contributed by atoms with E-state index in [9.17, 15) is 14.4 Å². The molecule has 43 heavy (non-hydrogen) atoms. The number of hydrogen-bond acceptors (Lipinski definition) is 8. The molecule has 2 fully saturated rings. The van der Waals surface area contributed by atoms with E-state index in [4.69, 9.17) is 9.72 Å². The lowest BCUT2D eigenvalue weighted by Gasteiger charge is -2.46. The van der Waals surface area contributed by atoms with E-state index in [1.165, 1.54) is 0 Å². The zero-order valence-electron chi connectivity index (χ0n) is 25.4. The van der Waals surface area contributed by atoms with E-state index >= 15 is 0 Å². The van der Waals surface area contributed by atoms with Gasteiger partial charge in [0, 0.05) is 48.7 Å². The van der Waals surface area contributed by atoms with E-state index in [-0.39, 0.29) is 18.1 Å². The molecule has 3 aliphatic rings. The molecule has 0 radical (unpaired) electrons. The van der Waals surface area contributed by atoms with Crippen molar-refractivity contribution in [3.8, 4) is 11.9 Å². The molecular weight excluding hydrogens is 547 g/mol. The Balaban J connectivity index is 1.40. The molecular formula is C32H39FN8O2. The summed E-state index contributed by atoms with van der Waals surface area (Å²) in [7, 11) is 2.10. The van der Waals surface area contributed by atoms with Crippen LogP contribution in [0.4, 0.5) is 15.8 Å². The number of amides is 1. The van der Waals surface area contributed by atoms with Gasteiger partial charge in [0.15, 0.2) is 5.83 Å². The standard InChI is InChI=1S/C32H39FN8O2/c1-19-8-9-27-26(14-35-37-27)29(19)39-12-10-24-28(17-39)36-31(43-18-23-7-6-11-38(23)5)25(13-34)30(24)40-15-20(2)41(21(3)16-40)32(42)22(4)33/h8-9,14,20-21,23H,4,6-7,10-12,15-18H2,1-3,5H3,(H,35,37)/t20-,21+,23?. The SMILES string of the molecule is C=C(F)C(=O)N1[C@H](C)CN(c2c(C#N)c(OCC3CCCN3C)nc3c2CCN(c2c(C)ccc4[nH]ncc24)C3)C[C@@H]1C. The molecule has 3 atom stereocenters. The second-order valence-corrected chi connectivity index (χ2v) is 12.2. The number of anilines is 2. The highest BCUT2D eigenvalue weighted by atomic mass is 19.1. The Morgan fingerprint density at radius 1 is 1.21 bits per heavy atom. The van der Waals surface area contributed by atoms with Crippen LogP contribution in [-0.2, 0) is 17.8 Å². The fraction of sp³-hybridized carbons (Fsp3) is 0.500. The van der Waals surface area contributed by atoms with Crippen LogP contribution in [0.2, 0.25) is 0 Å². The van der Waals surface area contributed by atoms with E-state index in [1.807, 2.05) is 26.1 Å². The van der Waals surface area contributed by atoms with Gasteiger partial charge in [0.2, 0.25) is 5.88 Å². The quantitative estimate of drug-likeness (QED) is 0.431. The Bertz CT molecular complexity index is 1600. The smallest absolute Gasteiger partial charge is 0.282 e. The maximum absolute atomic E-state index is 13.9. The van der Waals surface area contributed by atoms with Gasteiger partial charge >= 0.3 is 0 Å². The highest BCUT2D eigenvalue weighted by molar-refractivity contribution is 5.93. The number of likely N-dealkylation sites (tertiary alicyclic amines) is 1. The van der Waals surface area contributed by atoms with Crippen LogP contribution >= 0.6 is 0 Å². The van der Waals surface area contributed by atoms with Crippen molar-refractivity contribution in [2.24, 2.45) is 0 Å². The minimum absolute atomic E-state index is 0.272. The molecule has 3 aliphatic heterocycles. The van der Waals surface area contributed by atoms with E-state index in [0.29, 0.717) is 44.1 Å². The van der Waals surface area contributed by atoms with Crippen molar-refractivity contribution in [1.29, 1.82) is 5.26 Å². The molecule has 1 N–H and O–H groups in total. The summed E-state index contributed by atoms with van der Waals surface area (Å²) in [5, 5.41) is 18.9. The first kappa shape index (κ1) is 28.9. The molecule has 1 unspecified atom stereocenters. The van der Waals surface area contributed by atoms with E-state index in [2.05, 4.69) is 57.6 Å². The lowest BCUT2D eigenvalue weighted by atomic mass is 9.95. The van der Waals surface area contributed by atoms with Gasteiger partial charge in [-0.3, -0.25) is 9.89 Å². The number of aryl methyl sites for hydroxylation is 1. The summed E-state index contributed by atoms with van der Waals surface area (Å²) in [5.74, 6) is -1.28. The molecule has 1 amide bonds. The Kier molecular flexibility index (Phi) is 7.73. The number of nitrogens with zero attached hydrogens (tertiary/aromatic N) is 7. The topological polar surface area (TPSA) is 105 Å². The molecule has 0 aliphatic carbocycles. The van der Waals surface area contributed by atoms with E-state index in [1.54, 1.807) is 4.90 Å². The largest absolute Gasteiger partial charge is 0.475 e. The van der Waals surface area contributed by atoms with Gasteiger partial charge in [0.1, 0.15) is 18.2 Å². The van der Waals surface area contributed by atoms with Crippen LogP contribution in [0.3, 0.4) is 0 Å². The minimum atomic E-state index is -0.957. The fourth-order valence-electron chi connectivity index (χ4n) is 7.22. The predicted octanol–water partition coefficient (Wildman–Crippen LogP) is 4.08. The van der Waals surface area contributed by atoms with Crippen LogP contribution in [-0.4, -0.2) is 88.8 Å². The van der Waals surface area contributed by atoms with Gasteiger partial charge in [-0.1, -0.05) is 12.6 Å². The number of carbonyl (C=O) groups is 1. The Morgan fingerprint density at radius 3 is 2.65 bits per heavy atom.